The molecule has 0 fully saturated rings. The van der Waals surface area contributed by atoms with Gasteiger partial charge in [0.15, 0.2) is 0 Å². The molecule has 0 radical (unpaired) electrons. The Labute approximate surface area is 75.4 Å². The largest absolute Gasteiger partial charge is 0.102 e. The van der Waals surface area contributed by atoms with E-state index in [1.54, 1.807) is 12.2 Å². The molecule has 0 aliphatic rings. The molecule has 0 unspecified atom stereocenters. The summed E-state index contributed by atoms with van der Waals surface area (Å²) in [4.78, 5) is 0. The van der Waals surface area contributed by atoms with Gasteiger partial charge in [-0.15, -0.1) is 25.0 Å². The molecular formula is C12H14. The second kappa shape index (κ2) is 9.60. The summed E-state index contributed by atoms with van der Waals surface area (Å²) in [6.45, 7) is 7.15. The molecule has 0 N–H and O–H groups in total. The van der Waals surface area contributed by atoms with E-state index in [0.717, 1.165) is 25.7 Å². The Hall–Kier alpha value is -1.40. The summed E-state index contributed by atoms with van der Waals surface area (Å²) in [5, 5.41) is 0. The Morgan fingerprint density at radius 3 is 1.50 bits per heavy atom. The molecule has 0 aliphatic carbocycles. The zero-order chi connectivity index (χ0) is 9.07. The highest BCUT2D eigenvalue weighted by atomic mass is 13.8. The van der Waals surface area contributed by atoms with Crippen molar-refractivity contribution in [2.24, 2.45) is 0 Å². The molecule has 12 heavy (non-hydrogen) atoms. The van der Waals surface area contributed by atoms with Gasteiger partial charge < -0.3 is 0 Å². The number of allylic oxidation sites excluding steroid dienone is 2. The van der Waals surface area contributed by atoms with E-state index in [0.29, 0.717) is 0 Å². The van der Waals surface area contributed by atoms with Gasteiger partial charge >= 0.3 is 0 Å². The average molecular weight is 158 g/mol. The van der Waals surface area contributed by atoms with E-state index in [1.165, 1.54) is 0 Å². The lowest BCUT2D eigenvalue weighted by Crippen LogP contribution is -1.66. The maximum absolute atomic E-state index is 3.58. The van der Waals surface area contributed by atoms with Crippen molar-refractivity contribution in [3.8, 4) is 23.7 Å². The molecule has 0 aromatic heterocycles. The quantitative estimate of drug-likeness (QED) is 0.336. The van der Waals surface area contributed by atoms with Crippen molar-refractivity contribution in [2.75, 3.05) is 0 Å². The third-order valence-electron chi connectivity index (χ3n) is 1.12. The Bertz CT molecular complexity index is 209. The lowest BCUT2D eigenvalue weighted by molar-refractivity contribution is 1.12. The predicted molar refractivity (Wildman–Crippen MR) is 54.4 cm³/mol. The average Bonchev–Trinajstić information content (AvgIpc) is 2.10. The monoisotopic (exact) mass is 158 g/mol. The highest BCUT2D eigenvalue weighted by Crippen LogP contribution is 1.85. The van der Waals surface area contributed by atoms with Crippen LogP contribution in [0.5, 0.6) is 0 Å². The molecule has 62 valence electrons. The smallest absolute Gasteiger partial charge is 0.0267 e. The lowest BCUT2D eigenvalue weighted by atomic mass is 10.3. The van der Waals surface area contributed by atoms with Crippen molar-refractivity contribution >= 4 is 0 Å². The van der Waals surface area contributed by atoms with Crippen LogP contribution in [0.25, 0.3) is 0 Å². The van der Waals surface area contributed by atoms with Crippen LogP contribution < -0.4 is 0 Å². The first-order valence-corrected chi connectivity index (χ1v) is 4.05. The van der Waals surface area contributed by atoms with Gasteiger partial charge in [0, 0.05) is 25.7 Å². The van der Waals surface area contributed by atoms with Crippen LogP contribution in [-0.2, 0) is 0 Å². The maximum Gasteiger partial charge on any atom is 0.0267 e. The number of hydrogen-bond acceptors (Lipinski definition) is 0. The fraction of sp³-hybridized carbons (Fsp3) is 0.333. The summed E-state index contributed by atoms with van der Waals surface area (Å²) in [5.41, 5.74) is 0. The van der Waals surface area contributed by atoms with E-state index in [-0.39, 0.29) is 0 Å². The zero-order valence-corrected chi connectivity index (χ0v) is 7.40. The minimum atomic E-state index is 0.778. The van der Waals surface area contributed by atoms with Crippen LogP contribution in [0.2, 0.25) is 0 Å². The van der Waals surface area contributed by atoms with Gasteiger partial charge in [0.2, 0.25) is 0 Å². The normalized spacial score (nSPS) is 7.00. The predicted octanol–water partition coefficient (Wildman–Crippen LogP) is 2.93. The van der Waals surface area contributed by atoms with Gasteiger partial charge in [-0.3, -0.25) is 0 Å². The SMILES string of the molecule is C=CCC#CCCC#CCC=C. The van der Waals surface area contributed by atoms with E-state index in [4.69, 9.17) is 0 Å². The Kier molecular flexibility index (Phi) is 8.48. The van der Waals surface area contributed by atoms with Gasteiger partial charge in [0.25, 0.3) is 0 Å². The van der Waals surface area contributed by atoms with Gasteiger partial charge in [-0.1, -0.05) is 24.0 Å². The van der Waals surface area contributed by atoms with Crippen molar-refractivity contribution in [1.29, 1.82) is 0 Å². The number of unbranched alkanes of at least 4 members (excludes halogenated alkanes) is 1. The Morgan fingerprint density at radius 2 is 1.17 bits per heavy atom. The lowest BCUT2D eigenvalue weighted by Gasteiger charge is -1.78. The molecule has 0 amide bonds. The van der Waals surface area contributed by atoms with Crippen LogP contribution in [0.4, 0.5) is 0 Å². The van der Waals surface area contributed by atoms with Gasteiger partial charge in [0.05, 0.1) is 0 Å². The molecule has 0 bridgehead atoms. The van der Waals surface area contributed by atoms with Gasteiger partial charge in [-0.05, 0) is 0 Å². The highest BCUT2D eigenvalue weighted by Gasteiger charge is 1.73. The van der Waals surface area contributed by atoms with Gasteiger partial charge in [0.1, 0.15) is 0 Å². The molecule has 0 aliphatic heterocycles. The molecular weight excluding hydrogens is 144 g/mol. The molecule has 0 saturated heterocycles. The summed E-state index contributed by atoms with van der Waals surface area (Å²) < 4.78 is 0. The Balaban J connectivity index is 3.34. The van der Waals surface area contributed by atoms with Crippen LogP contribution in [0.3, 0.4) is 0 Å². The number of rotatable bonds is 3. The van der Waals surface area contributed by atoms with E-state index in [2.05, 4.69) is 36.8 Å². The summed E-state index contributed by atoms with van der Waals surface area (Å²) in [6.07, 6.45) is 6.88. The van der Waals surface area contributed by atoms with Crippen molar-refractivity contribution in [2.45, 2.75) is 25.7 Å². The minimum Gasteiger partial charge on any atom is -0.102 e. The third kappa shape index (κ3) is 8.60. The minimum absolute atomic E-state index is 0.778. The van der Waals surface area contributed by atoms with E-state index in [9.17, 15) is 0 Å². The third-order valence-corrected chi connectivity index (χ3v) is 1.12. The van der Waals surface area contributed by atoms with Crippen LogP contribution in [0.15, 0.2) is 25.3 Å². The van der Waals surface area contributed by atoms with Crippen molar-refractivity contribution < 1.29 is 0 Å². The first-order chi connectivity index (χ1) is 5.91. The van der Waals surface area contributed by atoms with Gasteiger partial charge in [-0.2, -0.15) is 0 Å². The summed E-state index contributed by atoms with van der Waals surface area (Å²) in [6, 6.07) is 0. The molecule has 0 rings (SSSR count). The molecule has 0 atom stereocenters. The molecule has 0 heteroatoms. The molecule has 0 spiro atoms. The van der Waals surface area contributed by atoms with E-state index < -0.39 is 0 Å². The summed E-state index contributed by atoms with van der Waals surface area (Å²) >= 11 is 0. The van der Waals surface area contributed by atoms with Gasteiger partial charge in [-0.25, -0.2) is 0 Å². The molecule has 0 nitrogen and oxygen atoms in total. The molecule has 0 aromatic carbocycles. The van der Waals surface area contributed by atoms with E-state index >= 15 is 0 Å². The second-order valence-corrected chi connectivity index (χ2v) is 2.19. The second-order valence-electron chi connectivity index (χ2n) is 2.19. The highest BCUT2D eigenvalue weighted by molar-refractivity contribution is 5.08. The van der Waals surface area contributed by atoms with Crippen LogP contribution >= 0.6 is 0 Å². The van der Waals surface area contributed by atoms with Crippen LogP contribution in [0, 0.1) is 23.7 Å². The first kappa shape index (κ1) is 10.6. The van der Waals surface area contributed by atoms with Crippen LogP contribution in [0.1, 0.15) is 25.7 Å². The fourth-order valence-corrected chi connectivity index (χ4v) is 0.590. The van der Waals surface area contributed by atoms with Crippen LogP contribution in [-0.4, -0.2) is 0 Å². The Morgan fingerprint density at radius 1 is 0.750 bits per heavy atom. The van der Waals surface area contributed by atoms with E-state index in [1.807, 2.05) is 0 Å². The maximum atomic E-state index is 3.58. The topological polar surface area (TPSA) is 0 Å². The molecule has 0 aromatic rings. The molecule has 0 heterocycles. The standard InChI is InChI=1S/C12H14/c1-3-5-7-9-11-12-10-8-6-4-2/h3-4H,1-2,5-6,11-12H2. The summed E-state index contributed by atoms with van der Waals surface area (Å²) in [7, 11) is 0. The zero-order valence-electron chi connectivity index (χ0n) is 7.40. The number of hydrogen-bond donors (Lipinski definition) is 0. The van der Waals surface area contributed by atoms with Crippen molar-refractivity contribution in [3.63, 3.8) is 0 Å². The molecule has 0 saturated carbocycles. The summed E-state index contributed by atoms with van der Waals surface area (Å²) in [5.74, 6) is 12.0. The first-order valence-electron chi connectivity index (χ1n) is 4.05. The van der Waals surface area contributed by atoms with Crippen molar-refractivity contribution in [3.05, 3.63) is 25.3 Å². The fourth-order valence-electron chi connectivity index (χ4n) is 0.590. The van der Waals surface area contributed by atoms with Crippen molar-refractivity contribution in [1.82, 2.24) is 0 Å².